The Morgan fingerprint density at radius 1 is 1.15 bits per heavy atom. The Labute approximate surface area is 229 Å². The van der Waals surface area contributed by atoms with E-state index < -0.39 is 17.5 Å². The summed E-state index contributed by atoms with van der Waals surface area (Å²) in [7, 11) is 0. The Hall–Kier alpha value is -2.59. The van der Waals surface area contributed by atoms with Crippen molar-refractivity contribution >= 4 is 18.0 Å². The molecule has 2 aliphatic carbocycles. The van der Waals surface area contributed by atoms with E-state index in [9.17, 15) is 20.1 Å². The molecular weight excluding hydrogens is 498 g/mol. The fourth-order valence-corrected chi connectivity index (χ4v) is 7.94. The molecule has 2 saturated heterocycles. The molecule has 0 amide bonds. The number of epoxide rings is 1. The Balaban J connectivity index is 1.21. The average Bonchev–Trinajstić information content (AvgIpc) is 3.37. The molecule has 9 nitrogen and oxygen atoms in total. The lowest BCUT2D eigenvalue weighted by Crippen LogP contribution is -2.60. The highest BCUT2D eigenvalue weighted by Crippen LogP contribution is 2.65. The molecule has 210 valence electrons. The highest BCUT2D eigenvalue weighted by Gasteiger charge is 2.66. The highest BCUT2D eigenvalue weighted by atomic mass is 16.6. The molecule has 0 bridgehead atoms. The van der Waals surface area contributed by atoms with Crippen molar-refractivity contribution in [1.82, 2.24) is 9.97 Å². The first-order chi connectivity index (χ1) is 18.7. The van der Waals surface area contributed by atoms with E-state index >= 15 is 0 Å². The SMILES string of the molecule is C[C@]12CC[C@@H](O)[C@@](C)(CO)C1CCC1(CO1)C2C=CC1=CC(=Cc2cnc(N3CCCC3CO)nc2)OC1=O. The summed E-state index contributed by atoms with van der Waals surface area (Å²) in [5.41, 5.74) is 0.255. The maximum absolute atomic E-state index is 12.7. The summed E-state index contributed by atoms with van der Waals surface area (Å²) in [6, 6.07) is 0.0558. The van der Waals surface area contributed by atoms with Crippen molar-refractivity contribution in [2.24, 2.45) is 22.7 Å². The van der Waals surface area contributed by atoms with Crippen LogP contribution in [0.15, 0.2) is 42.0 Å². The fourth-order valence-electron chi connectivity index (χ4n) is 7.94. The van der Waals surface area contributed by atoms with E-state index in [1.54, 1.807) is 24.5 Å². The summed E-state index contributed by atoms with van der Waals surface area (Å²) < 4.78 is 11.6. The minimum atomic E-state index is -0.553. The lowest BCUT2D eigenvalue weighted by atomic mass is 9.45. The van der Waals surface area contributed by atoms with Crippen LogP contribution in [0.3, 0.4) is 0 Å². The van der Waals surface area contributed by atoms with Gasteiger partial charge in [-0.05, 0) is 62.0 Å². The number of allylic oxidation sites excluding steroid dienone is 1. The lowest BCUT2D eigenvalue weighted by Gasteiger charge is -2.60. The zero-order chi connectivity index (χ0) is 27.4. The van der Waals surface area contributed by atoms with Crippen LogP contribution in [0.1, 0.15) is 57.9 Å². The molecule has 4 fully saturated rings. The molecule has 1 aromatic heterocycles. The van der Waals surface area contributed by atoms with Crippen molar-refractivity contribution < 1.29 is 29.6 Å². The van der Waals surface area contributed by atoms with Crippen molar-refractivity contribution in [3.8, 4) is 0 Å². The van der Waals surface area contributed by atoms with Gasteiger partial charge in [0.2, 0.25) is 5.95 Å². The van der Waals surface area contributed by atoms with Crippen LogP contribution < -0.4 is 4.90 Å². The number of hydrogen-bond acceptors (Lipinski definition) is 9. The van der Waals surface area contributed by atoms with Crippen LogP contribution in [0.2, 0.25) is 0 Å². The molecule has 1 aromatic rings. The van der Waals surface area contributed by atoms with E-state index in [1.807, 2.05) is 17.9 Å². The number of carbonyl (C=O) groups excluding carboxylic acids is 1. The topological polar surface area (TPSA) is 129 Å². The first-order valence-electron chi connectivity index (χ1n) is 14.2. The van der Waals surface area contributed by atoms with Gasteiger partial charge in [0.15, 0.2) is 0 Å². The number of hydrogen-bond donors (Lipinski definition) is 3. The summed E-state index contributed by atoms with van der Waals surface area (Å²) in [6.07, 6.45) is 15.5. The standard InChI is InChI=1S/C30H39N3O6/c1-28-9-8-25(36)29(2,17-35)23(28)7-10-30(18-38-30)24(28)6-5-20-13-22(39-26(20)37)12-19-14-31-27(32-15-19)33-11-3-4-21(33)16-34/h5-6,12-15,21,23-25,34-36H,3-4,7-11,16-18H2,1-2H3/t21?,23?,24?,25-,28+,29+,30?/m1/s1. The van der Waals surface area contributed by atoms with Gasteiger partial charge in [0.1, 0.15) is 5.76 Å². The van der Waals surface area contributed by atoms with Crippen LogP contribution in [0.25, 0.3) is 6.08 Å². The monoisotopic (exact) mass is 537 g/mol. The Kier molecular flexibility index (Phi) is 6.69. The molecule has 5 aliphatic rings. The first kappa shape index (κ1) is 26.6. The minimum Gasteiger partial charge on any atom is -0.423 e. The van der Waals surface area contributed by atoms with E-state index in [4.69, 9.17) is 9.47 Å². The van der Waals surface area contributed by atoms with Crippen molar-refractivity contribution in [2.75, 3.05) is 31.3 Å². The predicted octanol–water partition coefficient (Wildman–Crippen LogP) is 2.77. The second kappa shape index (κ2) is 9.80. The molecule has 6 rings (SSSR count). The Morgan fingerprint density at radius 2 is 1.92 bits per heavy atom. The van der Waals surface area contributed by atoms with Crippen molar-refractivity contribution in [3.05, 3.63) is 47.5 Å². The maximum atomic E-state index is 12.7. The van der Waals surface area contributed by atoms with Gasteiger partial charge in [0, 0.05) is 35.8 Å². The number of fused-ring (bicyclic) bond motifs is 1. The predicted molar refractivity (Wildman–Crippen MR) is 144 cm³/mol. The maximum Gasteiger partial charge on any atom is 0.343 e. The van der Waals surface area contributed by atoms with E-state index in [-0.39, 0.29) is 42.1 Å². The Morgan fingerprint density at radius 3 is 2.62 bits per heavy atom. The van der Waals surface area contributed by atoms with Crippen molar-refractivity contribution in [1.29, 1.82) is 0 Å². The third kappa shape index (κ3) is 4.43. The molecule has 3 aliphatic heterocycles. The third-order valence-corrected chi connectivity index (χ3v) is 10.3. The fraction of sp³-hybridized carbons (Fsp3) is 0.633. The summed E-state index contributed by atoms with van der Waals surface area (Å²) in [5, 5.41) is 30.6. The molecular formula is C30H39N3O6. The molecule has 0 aromatic carbocycles. The molecule has 2 saturated carbocycles. The zero-order valence-corrected chi connectivity index (χ0v) is 22.8. The summed E-state index contributed by atoms with van der Waals surface area (Å²) in [5.74, 6) is 0.849. The smallest absolute Gasteiger partial charge is 0.343 e. The molecule has 4 heterocycles. The average molecular weight is 538 g/mol. The van der Waals surface area contributed by atoms with Gasteiger partial charge in [-0.3, -0.25) is 0 Å². The molecule has 9 heteroatoms. The number of aliphatic hydroxyl groups is 3. The Bertz CT molecular complexity index is 1210. The molecule has 0 radical (unpaired) electrons. The van der Waals surface area contributed by atoms with Gasteiger partial charge in [0.25, 0.3) is 0 Å². The second-order valence-electron chi connectivity index (χ2n) is 12.5. The van der Waals surface area contributed by atoms with Crippen molar-refractivity contribution in [3.63, 3.8) is 0 Å². The minimum absolute atomic E-state index is 0.0465. The molecule has 39 heavy (non-hydrogen) atoms. The number of ether oxygens (including phenoxy) is 2. The van der Waals surface area contributed by atoms with E-state index in [0.29, 0.717) is 30.3 Å². The quantitative estimate of drug-likeness (QED) is 0.371. The number of esters is 1. The van der Waals surface area contributed by atoms with E-state index in [2.05, 4.69) is 23.0 Å². The summed E-state index contributed by atoms with van der Waals surface area (Å²) in [6.45, 7) is 5.83. The van der Waals surface area contributed by atoms with Gasteiger partial charge < -0.3 is 29.7 Å². The highest BCUT2D eigenvalue weighted by molar-refractivity contribution is 5.96. The first-order valence-corrected chi connectivity index (χ1v) is 14.2. The van der Waals surface area contributed by atoms with Crippen LogP contribution in [-0.2, 0) is 14.3 Å². The van der Waals surface area contributed by atoms with Gasteiger partial charge in [-0.2, -0.15) is 0 Å². The number of rotatable bonds is 6. The molecule has 3 N–H and O–H groups in total. The van der Waals surface area contributed by atoms with E-state index in [1.165, 1.54) is 0 Å². The summed E-state index contributed by atoms with van der Waals surface area (Å²) in [4.78, 5) is 23.7. The van der Waals surface area contributed by atoms with Crippen LogP contribution in [0.5, 0.6) is 0 Å². The largest absolute Gasteiger partial charge is 0.423 e. The van der Waals surface area contributed by atoms with Gasteiger partial charge >= 0.3 is 5.97 Å². The zero-order valence-electron chi connectivity index (χ0n) is 22.8. The van der Waals surface area contributed by atoms with Gasteiger partial charge in [0.05, 0.1) is 43.1 Å². The van der Waals surface area contributed by atoms with Crippen LogP contribution >= 0.6 is 0 Å². The van der Waals surface area contributed by atoms with Gasteiger partial charge in [-0.1, -0.05) is 26.0 Å². The number of carbonyl (C=O) groups is 1. The molecule has 1 spiro atoms. The molecule has 4 unspecified atom stereocenters. The van der Waals surface area contributed by atoms with Crippen LogP contribution in [0.4, 0.5) is 5.95 Å². The number of aliphatic hydroxyl groups excluding tert-OH is 3. The van der Waals surface area contributed by atoms with Gasteiger partial charge in [-0.15, -0.1) is 0 Å². The number of cyclic esters (lactones) is 1. The van der Waals surface area contributed by atoms with Gasteiger partial charge in [-0.25, -0.2) is 14.8 Å². The number of aromatic nitrogens is 2. The van der Waals surface area contributed by atoms with E-state index in [0.717, 1.165) is 44.2 Å². The normalized spacial score (nSPS) is 40.8. The van der Waals surface area contributed by atoms with Crippen LogP contribution in [0, 0.1) is 22.7 Å². The van der Waals surface area contributed by atoms with Crippen LogP contribution in [-0.4, -0.2) is 75.4 Å². The second-order valence-corrected chi connectivity index (χ2v) is 12.5. The number of anilines is 1. The number of nitrogens with zero attached hydrogens (tertiary/aromatic N) is 3. The molecule has 7 atom stereocenters. The summed E-state index contributed by atoms with van der Waals surface area (Å²) >= 11 is 0. The third-order valence-electron chi connectivity index (χ3n) is 10.3. The lowest BCUT2D eigenvalue weighted by molar-refractivity contribution is -0.167. The van der Waals surface area contributed by atoms with Crippen molar-refractivity contribution in [2.45, 2.75) is 70.1 Å².